The Morgan fingerprint density at radius 1 is 1.38 bits per heavy atom. The zero-order valence-corrected chi connectivity index (χ0v) is 12.2. The molecule has 116 valence electrons. The monoisotopic (exact) mass is 318 g/mol. The first-order chi connectivity index (χ1) is 9.68. The van der Waals surface area contributed by atoms with Crippen LogP contribution in [0.3, 0.4) is 0 Å². The fraction of sp³-hybridized carbons (Fsp3) is 0.364. The summed E-state index contributed by atoms with van der Waals surface area (Å²) < 4.78 is 32.2. The molecule has 10 heteroatoms. The van der Waals surface area contributed by atoms with E-state index in [1.165, 1.54) is 14.0 Å². The molecule has 0 unspecified atom stereocenters. The van der Waals surface area contributed by atoms with Gasteiger partial charge in [-0.1, -0.05) is 0 Å². The minimum absolute atomic E-state index is 0.00480. The first-order valence-electron chi connectivity index (χ1n) is 5.66. The highest BCUT2D eigenvalue weighted by Gasteiger charge is 2.24. The molecular weight excluding hydrogens is 304 g/mol. The van der Waals surface area contributed by atoms with Crippen molar-refractivity contribution in [1.82, 2.24) is 0 Å². The Balaban J connectivity index is 3.33. The summed E-state index contributed by atoms with van der Waals surface area (Å²) in [5, 5.41) is 15.9. The van der Waals surface area contributed by atoms with Gasteiger partial charge in [-0.3, -0.25) is 10.1 Å². The molecule has 0 saturated heterocycles. The summed E-state index contributed by atoms with van der Waals surface area (Å²) in [6.45, 7) is 1.39. The Morgan fingerprint density at radius 2 is 2.00 bits per heavy atom. The van der Waals surface area contributed by atoms with Crippen molar-refractivity contribution in [1.29, 1.82) is 0 Å². The highest BCUT2D eigenvalue weighted by Crippen LogP contribution is 2.26. The zero-order chi connectivity index (χ0) is 16.2. The number of nitrogens with zero attached hydrogens (tertiary/aromatic N) is 1. The molecule has 1 aromatic rings. The van der Waals surface area contributed by atoms with E-state index in [0.29, 0.717) is 0 Å². The maximum atomic E-state index is 11.9. The minimum Gasteiger partial charge on any atom is -0.460 e. The summed E-state index contributed by atoms with van der Waals surface area (Å²) in [6.07, 6.45) is 0. The van der Waals surface area contributed by atoms with Gasteiger partial charge in [0.1, 0.15) is 6.61 Å². The minimum atomic E-state index is -4.19. The largest absolute Gasteiger partial charge is 0.460 e. The lowest BCUT2D eigenvalue weighted by atomic mass is 10.1. The lowest BCUT2D eigenvalue weighted by Crippen LogP contribution is -2.16. The molecule has 2 N–H and O–H groups in total. The topological polar surface area (TPSA) is 139 Å². The number of carbonyl (C=O) groups excluding carboxylic acids is 1. The van der Waals surface area contributed by atoms with Gasteiger partial charge in [0.15, 0.2) is 0 Å². The Hall–Kier alpha value is -2.04. The van der Waals surface area contributed by atoms with Gasteiger partial charge in [-0.25, -0.2) is 18.4 Å². The Labute approximate surface area is 120 Å². The third kappa shape index (κ3) is 4.21. The average Bonchev–Trinajstić information content (AvgIpc) is 2.37. The summed E-state index contributed by atoms with van der Waals surface area (Å²) in [4.78, 5) is 21.5. The molecule has 0 atom stereocenters. The van der Waals surface area contributed by atoms with E-state index in [2.05, 4.69) is 0 Å². The summed E-state index contributed by atoms with van der Waals surface area (Å²) in [7, 11) is -2.79. The van der Waals surface area contributed by atoms with E-state index >= 15 is 0 Å². The number of ether oxygens (including phenoxy) is 2. The van der Waals surface area contributed by atoms with Gasteiger partial charge in [0, 0.05) is 18.7 Å². The van der Waals surface area contributed by atoms with E-state index < -0.39 is 31.5 Å². The summed E-state index contributed by atoms with van der Waals surface area (Å²) in [5.41, 5.74) is -0.764. The maximum Gasteiger partial charge on any atom is 0.338 e. The molecule has 0 fully saturated rings. The van der Waals surface area contributed by atoms with Crippen molar-refractivity contribution in [2.24, 2.45) is 5.14 Å². The fourth-order valence-corrected chi connectivity index (χ4v) is 2.09. The number of carbonyl (C=O) groups is 1. The molecule has 0 aliphatic rings. The normalized spacial score (nSPS) is 11.2. The molecule has 0 aromatic heterocycles. The van der Waals surface area contributed by atoms with Crippen LogP contribution in [0, 0.1) is 17.0 Å². The van der Waals surface area contributed by atoms with Crippen LogP contribution in [-0.2, 0) is 19.5 Å². The molecule has 0 aliphatic heterocycles. The van der Waals surface area contributed by atoms with Crippen LogP contribution in [0.15, 0.2) is 17.0 Å². The molecule has 0 heterocycles. The van der Waals surface area contributed by atoms with E-state index in [1.54, 1.807) is 0 Å². The van der Waals surface area contributed by atoms with Crippen molar-refractivity contribution < 1.29 is 27.6 Å². The van der Waals surface area contributed by atoms with E-state index in [-0.39, 0.29) is 24.3 Å². The van der Waals surface area contributed by atoms with E-state index in [1.807, 2.05) is 0 Å². The third-order valence-electron chi connectivity index (χ3n) is 2.62. The van der Waals surface area contributed by atoms with Gasteiger partial charge in [-0.05, 0) is 13.0 Å². The number of hydrogen-bond donors (Lipinski definition) is 1. The molecule has 0 spiro atoms. The van der Waals surface area contributed by atoms with Crippen molar-refractivity contribution in [2.75, 3.05) is 20.3 Å². The number of hydrogen-bond acceptors (Lipinski definition) is 7. The predicted octanol–water partition coefficient (Wildman–Crippen LogP) is 0.354. The molecule has 0 saturated carbocycles. The molecule has 0 radical (unpaired) electrons. The number of esters is 1. The van der Waals surface area contributed by atoms with Gasteiger partial charge in [-0.15, -0.1) is 0 Å². The number of nitro benzene ring substituents is 1. The van der Waals surface area contributed by atoms with Gasteiger partial charge < -0.3 is 9.47 Å². The van der Waals surface area contributed by atoms with Crippen molar-refractivity contribution in [3.63, 3.8) is 0 Å². The van der Waals surface area contributed by atoms with Gasteiger partial charge in [0.2, 0.25) is 10.0 Å². The first-order valence-corrected chi connectivity index (χ1v) is 7.21. The number of methoxy groups -OCH3 is 1. The number of rotatable bonds is 6. The van der Waals surface area contributed by atoms with Gasteiger partial charge >= 0.3 is 5.97 Å². The molecule has 1 aromatic carbocycles. The number of primary sulfonamides is 1. The van der Waals surface area contributed by atoms with Crippen molar-refractivity contribution in [3.8, 4) is 0 Å². The second kappa shape index (κ2) is 6.61. The lowest BCUT2D eigenvalue weighted by molar-refractivity contribution is -0.385. The maximum absolute atomic E-state index is 11.9. The van der Waals surface area contributed by atoms with Crippen LogP contribution >= 0.6 is 0 Å². The van der Waals surface area contributed by atoms with Gasteiger partial charge in [0.25, 0.3) is 5.69 Å². The standard InChI is InChI=1S/C11H14N2O7S/c1-7-9(11(14)20-4-3-19-2)5-8(21(12,17)18)6-10(7)13(15)16/h5-6H,3-4H2,1-2H3,(H2,12,17,18). The number of sulfonamides is 1. The zero-order valence-electron chi connectivity index (χ0n) is 11.4. The molecule has 1 rings (SSSR count). The second-order valence-electron chi connectivity index (χ2n) is 4.05. The Morgan fingerprint density at radius 3 is 2.48 bits per heavy atom. The molecule has 0 amide bonds. The third-order valence-corrected chi connectivity index (χ3v) is 3.51. The quantitative estimate of drug-likeness (QED) is 0.345. The molecule has 21 heavy (non-hydrogen) atoms. The van der Waals surface area contributed by atoms with Crippen molar-refractivity contribution in [2.45, 2.75) is 11.8 Å². The summed E-state index contributed by atoms with van der Waals surface area (Å²) >= 11 is 0. The van der Waals surface area contributed by atoms with Crippen LogP contribution in [0.25, 0.3) is 0 Å². The Kier molecular flexibility index (Phi) is 5.35. The predicted molar refractivity (Wildman–Crippen MR) is 71.4 cm³/mol. The molecular formula is C11H14N2O7S. The highest BCUT2D eigenvalue weighted by molar-refractivity contribution is 7.89. The first kappa shape index (κ1) is 17.0. The molecule has 9 nitrogen and oxygen atoms in total. The van der Waals surface area contributed by atoms with Crippen molar-refractivity contribution >= 4 is 21.7 Å². The van der Waals surface area contributed by atoms with Gasteiger partial charge in [0.05, 0.1) is 22.0 Å². The smallest absolute Gasteiger partial charge is 0.338 e. The Bertz CT molecular complexity index is 669. The van der Waals surface area contributed by atoms with Crippen LogP contribution in [-0.4, -0.2) is 39.6 Å². The van der Waals surface area contributed by atoms with Crippen LogP contribution in [0.5, 0.6) is 0 Å². The van der Waals surface area contributed by atoms with Crippen LogP contribution in [0.4, 0.5) is 5.69 Å². The van der Waals surface area contributed by atoms with Crippen LogP contribution in [0.2, 0.25) is 0 Å². The average molecular weight is 318 g/mol. The van der Waals surface area contributed by atoms with E-state index in [4.69, 9.17) is 14.6 Å². The molecule has 0 bridgehead atoms. The van der Waals surface area contributed by atoms with Crippen molar-refractivity contribution in [3.05, 3.63) is 33.4 Å². The lowest BCUT2D eigenvalue weighted by Gasteiger charge is -2.09. The number of nitro groups is 1. The SMILES string of the molecule is COCCOC(=O)c1cc(S(N)(=O)=O)cc([N+](=O)[O-])c1C. The molecule has 0 aliphatic carbocycles. The summed E-state index contributed by atoms with van der Waals surface area (Å²) in [6, 6.07) is 1.75. The highest BCUT2D eigenvalue weighted by atomic mass is 32.2. The second-order valence-corrected chi connectivity index (χ2v) is 5.61. The fourth-order valence-electron chi connectivity index (χ4n) is 1.53. The van der Waals surface area contributed by atoms with E-state index in [9.17, 15) is 23.3 Å². The van der Waals surface area contributed by atoms with E-state index in [0.717, 1.165) is 12.1 Å². The summed E-state index contributed by atoms with van der Waals surface area (Å²) in [5.74, 6) is -0.891. The van der Waals surface area contributed by atoms with Crippen LogP contribution in [0.1, 0.15) is 15.9 Å². The number of nitrogens with two attached hydrogens (primary N) is 1. The number of benzene rings is 1. The van der Waals surface area contributed by atoms with Crippen LogP contribution < -0.4 is 5.14 Å². The van der Waals surface area contributed by atoms with Gasteiger partial charge in [-0.2, -0.15) is 0 Å².